The van der Waals surface area contributed by atoms with Crippen LogP contribution in [0.5, 0.6) is 0 Å². The van der Waals surface area contributed by atoms with Crippen molar-refractivity contribution < 1.29 is 4.92 Å². The van der Waals surface area contributed by atoms with E-state index in [2.05, 4.69) is 6.07 Å². The zero-order valence-electron chi connectivity index (χ0n) is 10.8. The van der Waals surface area contributed by atoms with Gasteiger partial charge < -0.3 is 0 Å². The van der Waals surface area contributed by atoms with E-state index in [0.717, 1.165) is 20.2 Å². The topological polar surface area (TPSA) is 72.4 Å². The third-order valence-corrected chi connectivity index (χ3v) is 4.77. The second kappa shape index (κ2) is 5.80. The first-order valence-corrected chi connectivity index (χ1v) is 7.67. The number of benzene rings is 2. The van der Waals surface area contributed by atoms with Crippen molar-refractivity contribution in [3.8, 4) is 0 Å². The SMILES string of the molecule is NN1C=Cc2cc(Sc3ccc([N+](=O)[O-])cc3)ccc2S1. The Balaban J connectivity index is 1.80. The maximum absolute atomic E-state index is 10.6. The van der Waals surface area contributed by atoms with Crippen LogP contribution in [0.25, 0.3) is 6.08 Å². The van der Waals surface area contributed by atoms with Crippen LogP contribution in [0.15, 0.2) is 63.4 Å². The van der Waals surface area contributed by atoms with Crippen LogP contribution in [0.1, 0.15) is 5.56 Å². The minimum Gasteiger partial charge on any atom is -0.258 e. The minimum atomic E-state index is -0.395. The fraction of sp³-hybridized carbons (Fsp3) is 0. The molecule has 0 unspecified atom stereocenters. The number of non-ortho nitro benzene ring substituents is 1. The Bertz CT molecular complexity index is 717. The van der Waals surface area contributed by atoms with Gasteiger partial charge in [0.05, 0.1) is 4.92 Å². The molecule has 2 N–H and O–H groups in total. The van der Waals surface area contributed by atoms with Crippen LogP contribution < -0.4 is 5.84 Å². The first-order chi connectivity index (χ1) is 10.1. The molecule has 0 saturated carbocycles. The second-order valence-electron chi connectivity index (χ2n) is 4.32. The lowest BCUT2D eigenvalue weighted by molar-refractivity contribution is -0.384. The van der Waals surface area contributed by atoms with Crippen LogP contribution in [0.2, 0.25) is 0 Å². The Labute approximate surface area is 130 Å². The van der Waals surface area contributed by atoms with Gasteiger partial charge in [-0.25, -0.2) is 5.84 Å². The molecule has 0 radical (unpaired) electrons. The molecule has 0 spiro atoms. The van der Waals surface area contributed by atoms with E-state index in [4.69, 9.17) is 5.84 Å². The van der Waals surface area contributed by atoms with Crippen LogP contribution in [0.3, 0.4) is 0 Å². The highest BCUT2D eigenvalue weighted by Gasteiger charge is 2.10. The Hall–Kier alpha value is -1.96. The molecule has 0 fully saturated rings. The van der Waals surface area contributed by atoms with Crippen LogP contribution in [-0.4, -0.2) is 9.34 Å². The molecule has 0 atom stereocenters. The highest BCUT2D eigenvalue weighted by molar-refractivity contribution is 7.99. The Kier molecular flexibility index (Phi) is 3.87. The zero-order valence-corrected chi connectivity index (χ0v) is 12.4. The molecule has 0 saturated heterocycles. The molecule has 0 aliphatic carbocycles. The van der Waals surface area contributed by atoms with Crippen LogP contribution in [0, 0.1) is 10.1 Å². The summed E-state index contributed by atoms with van der Waals surface area (Å²) in [5, 5.41) is 10.6. The molecule has 0 aromatic heterocycles. The summed E-state index contributed by atoms with van der Waals surface area (Å²) in [5.41, 5.74) is 1.22. The van der Waals surface area contributed by atoms with Crippen molar-refractivity contribution in [2.75, 3.05) is 0 Å². The predicted octanol–water partition coefficient (Wildman–Crippen LogP) is 3.91. The molecule has 21 heavy (non-hydrogen) atoms. The lowest BCUT2D eigenvalue weighted by atomic mass is 10.2. The van der Waals surface area contributed by atoms with Gasteiger partial charge in [-0.15, -0.1) is 0 Å². The Morgan fingerprint density at radius 3 is 2.57 bits per heavy atom. The Morgan fingerprint density at radius 1 is 1.14 bits per heavy atom. The molecule has 0 bridgehead atoms. The molecule has 1 aliphatic rings. The Morgan fingerprint density at radius 2 is 1.86 bits per heavy atom. The first-order valence-electron chi connectivity index (χ1n) is 6.08. The number of rotatable bonds is 3. The number of hydrazine groups is 1. The van der Waals surface area contributed by atoms with E-state index in [1.807, 2.05) is 24.4 Å². The summed E-state index contributed by atoms with van der Waals surface area (Å²) in [7, 11) is 0. The van der Waals surface area contributed by atoms with Crippen molar-refractivity contribution in [1.82, 2.24) is 4.41 Å². The maximum atomic E-state index is 10.6. The van der Waals surface area contributed by atoms with Crippen molar-refractivity contribution in [1.29, 1.82) is 0 Å². The van der Waals surface area contributed by atoms with Gasteiger partial charge in [0, 0.05) is 45.0 Å². The van der Waals surface area contributed by atoms with Gasteiger partial charge in [0.1, 0.15) is 0 Å². The molecule has 5 nitrogen and oxygen atoms in total. The van der Waals surface area contributed by atoms with E-state index in [0.29, 0.717) is 0 Å². The van der Waals surface area contributed by atoms with Crippen LogP contribution >= 0.6 is 23.7 Å². The molecule has 2 aromatic rings. The molecular weight excluding hydrogens is 306 g/mol. The van der Waals surface area contributed by atoms with E-state index in [9.17, 15) is 10.1 Å². The van der Waals surface area contributed by atoms with Gasteiger partial charge in [-0.1, -0.05) is 11.8 Å². The summed E-state index contributed by atoms with van der Waals surface area (Å²) >= 11 is 3.04. The van der Waals surface area contributed by atoms with Crippen LogP contribution in [0.4, 0.5) is 5.69 Å². The number of nitrogens with zero attached hydrogens (tertiary/aromatic N) is 2. The number of nitro benzene ring substituents is 1. The lowest BCUT2D eigenvalue weighted by Gasteiger charge is -2.18. The molecule has 3 rings (SSSR count). The molecule has 106 valence electrons. The van der Waals surface area contributed by atoms with Crippen molar-refractivity contribution in [2.45, 2.75) is 14.7 Å². The summed E-state index contributed by atoms with van der Waals surface area (Å²) in [6.45, 7) is 0. The summed E-state index contributed by atoms with van der Waals surface area (Å²) in [6.07, 6.45) is 3.78. The highest BCUT2D eigenvalue weighted by atomic mass is 32.2. The van der Waals surface area contributed by atoms with Gasteiger partial charge in [-0.3, -0.25) is 14.5 Å². The van der Waals surface area contributed by atoms with E-state index >= 15 is 0 Å². The van der Waals surface area contributed by atoms with Gasteiger partial charge in [0.2, 0.25) is 0 Å². The molecular formula is C14H11N3O2S2. The average Bonchev–Trinajstić information content (AvgIpc) is 2.48. The summed E-state index contributed by atoms with van der Waals surface area (Å²) in [5.74, 6) is 5.70. The number of hydrogen-bond donors (Lipinski definition) is 1. The standard InChI is InChI=1S/C14H11N3O2S2/c15-16-8-7-10-9-13(5-6-14(10)21-16)20-12-3-1-11(2-4-12)17(18)19/h1-9H,15H2. The summed E-state index contributed by atoms with van der Waals surface area (Å²) in [6, 6.07) is 12.7. The van der Waals surface area contributed by atoms with Crippen molar-refractivity contribution in [3.05, 3.63) is 64.3 Å². The van der Waals surface area contributed by atoms with E-state index in [1.54, 1.807) is 28.3 Å². The smallest absolute Gasteiger partial charge is 0.258 e. The first kappa shape index (κ1) is 14.0. The molecule has 1 heterocycles. The normalized spacial score (nSPS) is 13.1. The molecule has 1 aliphatic heterocycles. The summed E-state index contributed by atoms with van der Waals surface area (Å²) < 4.78 is 1.56. The minimum absolute atomic E-state index is 0.104. The lowest BCUT2D eigenvalue weighted by Crippen LogP contribution is -2.17. The molecule has 2 aromatic carbocycles. The number of hydrogen-bond acceptors (Lipinski definition) is 6. The zero-order chi connectivity index (χ0) is 14.8. The molecule has 0 amide bonds. The van der Waals surface area contributed by atoms with E-state index < -0.39 is 4.92 Å². The van der Waals surface area contributed by atoms with Crippen molar-refractivity contribution in [3.63, 3.8) is 0 Å². The van der Waals surface area contributed by atoms with Gasteiger partial charge in [0.15, 0.2) is 0 Å². The van der Waals surface area contributed by atoms with Crippen molar-refractivity contribution >= 4 is 35.5 Å². The second-order valence-corrected chi connectivity index (χ2v) is 6.51. The highest BCUT2D eigenvalue weighted by Crippen LogP contribution is 2.35. The van der Waals surface area contributed by atoms with Crippen molar-refractivity contribution in [2.24, 2.45) is 5.84 Å². The maximum Gasteiger partial charge on any atom is 0.269 e. The van der Waals surface area contributed by atoms with Gasteiger partial charge in [-0.2, -0.15) is 0 Å². The van der Waals surface area contributed by atoms with E-state index in [-0.39, 0.29) is 5.69 Å². The van der Waals surface area contributed by atoms with Gasteiger partial charge in [0.25, 0.3) is 5.69 Å². The summed E-state index contributed by atoms with van der Waals surface area (Å²) in [4.78, 5) is 13.4. The van der Waals surface area contributed by atoms with E-state index in [1.165, 1.54) is 24.1 Å². The fourth-order valence-electron chi connectivity index (χ4n) is 1.87. The molecule has 7 heteroatoms. The fourth-order valence-corrected chi connectivity index (χ4v) is 3.45. The van der Waals surface area contributed by atoms with Gasteiger partial charge >= 0.3 is 0 Å². The third-order valence-electron chi connectivity index (χ3n) is 2.87. The number of nitro groups is 1. The van der Waals surface area contributed by atoms with Gasteiger partial charge in [-0.05, 0) is 42.0 Å². The monoisotopic (exact) mass is 317 g/mol. The largest absolute Gasteiger partial charge is 0.269 e. The average molecular weight is 317 g/mol. The number of fused-ring (bicyclic) bond motifs is 1. The number of nitrogens with two attached hydrogens (primary N) is 1. The predicted molar refractivity (Wildman–Crippen MR) is 84.6 cm³/mol. The third kappa shape index (κ3) is 3.21. The quantitative estimate of drug-likeness (QED) is 0.400. The van der Waals surface area contributed by atoms with Crippen LogP contribution in [-0.2, 0) is 0 Å².